The first-order chi connectivity index (χ1) is 12.2. The van der Waals surface area contributed by atoms with Gasteiger partial charge in [0.05, 0.1) is 19.3 Å². The summed E-state index contributed by atoms with van der Waals surface area (Å²) >= 11 is 1.54. The molecule has 25 heavy (non-hydrogen) atoms. The Hall–Kier alpha value is -2.99. The van der Waals surface area contributed by atoms with Crippen LogP contribution in [0.1, 0.15) is 11.3 Å². The van der Waals surface area contributed by atoms with Gasteiger partial charge in [0, 0.05) is 29.4 Å². The molecule has 1 aromatic carbocycles. The summed E-state index contributed by atoms with van der Waals surface area (Å²) in [6.45, 7) is 0.391. The van der Waals surface area contributed by atoms with Gasteiger partial charge in [0.2, 0.25) is 5.91 Å². The van der Waals surface area contributed by atoms with E-state index in [0.717, 1.165) is 27.6 Å². The van der Waals surface area contributed by atoms with Crippen molar-refractivity contribution in [3.05, 3.63) is 71.5 Å². The molecule has 0 aliphatic heterocycles. The quantitative estimate of drug-likeness (QED) is 0.690. The molecule has 2 aromatic heterocycles. The van der Waals surface area contributed by atoms with E-state index in [4.69, 9.17) is 4.74 Å². The number of pyridine rings is 1. The monoisotopic (exact) mass is 351 g/mol. The van der Waals surface area contributed by atoms with Crippen LogP contribution in [0.2, 0.25) is 0 Å². The van der Waals surface area contributed by atoms with Crippen LogP contribution in [0.4, 0.5) is 0 Å². The summed E-state index contributed by atoms with van der Waals surface area (Å²) < 4.78 is 5.10. The second kappa shape index (κ2) is 8.21. The summed E-state index contributed by atoms with van der Waals surface area (Å²) in [7, 11) is 1.62. The minimum Gasteiger partial charge on any atom is -0.497 e. The SMILES string of the molecule is COc1ccc(/C=C/C(=O)NCc2csc(-c3cccnc3)n2)cc1. The summed E-state index contributed by atoms with van der Waals surface area (Å²) in [5, 5.41) is 5.67. The molecule has 3 rings (SSSR count). The molecule has 0 saturated heterocycles. The molecule has 0 saturated carbocycles. The summed E-state index contributed by atoms with van der Waals surface area (Å²) in [5.74, 6) is 0.626. The van der Waals surface area contributed by atoms with Gasteiger partial charge in [0.25, 0.3) is 0 Å². The Morgan fingerprint density at radius 3 is 2.84 bits per heavy atom. The smallest absolute Gasteiger partial charge is 0.244 e. The average Bonchev–Trinajstić information content (AvgIpc) is 3.15. The van der Waals surface area contributed by atoms with Crippen LogP contribution >= 0.6 is 11.3 Å². The van der Waals surface area contributed by atoms with Crippen LogP contribution in [0.25, 0.3) is 16.6 Å². The van der Waals surface area contributed by atoms with E-state index in [0.29, 0.717) is 6.54 Å². The minimum atomic E-state index is -0.160. The van der Waals surface area contributed by atoms with E-state index in [1.54, 1.807) is 25.6 Å². The highest BCUT2D eigenvalue weighted by Crippen LogP contribution is 2.22. The third kappa shape index (κ3) is 4.74. The van der Waals surface area contributed by atoms with Gasteiger partial charge in [-0.15, -0.1) is 11.3 Å². The summed E-state index contributed by atoms with van der Waals surface area (Å²) in [6.07, 6.45) is 6.78. The number of rotatable bonds is 6. The first kappa shape index (κ1) is 16.9. The maximum Gasteiger partial charge on any atom is 0.244 e. The van der Waals surface area contributed by atoms with E-state index in [-0.39, 0.29) is 5.91 Å². The molecule has 1 N–H and O–H groups in total. The molecule has 5 nitrogen and oxygen atoms in total. The summed E-state index contributed by atoms with van der Waals surface area (Å²) in [5.41, 5.74) is 2.74. The van der Waals surface area contributed by atoms with E-state index in [1.807, 2.05) is 41.8 Å². The Morgan fingerprint density at radius 1 is 1.28 bits per heavy atom. The van der Waals surface area contributed by atoms with Gasteiger partial charge in [0.1, 0.15) is 10.8 Å². The predicted octanol–water partition coefficient (Wildman–Crippen LogP) is 3.54. The molecular formula is C19H17N3O2S. The maximum atomic E-state index is 11.9. The molecular weight excluding hydrogens is 334 g/mol. The third-order valence-corrected chi connectivity index (χ3v) is 4.39. The molecule has 0 fully saturated rings. The molecule has 6 heteroatoms. The molecule has 0 spiro atoms. The van der Waals surface area contributed by atoms with Gasteiger partial charge in [-0.1, -0.05) is 12.1 Å². The fourth-order valence-electron chi connectivity index (χ4n) is 2.13. The van der Waals surface area contributed by atoms with Crippen LogP contribution < -0.4 is 10.1 Å². The number of methoxy groups -OCH3 is 1. The third-order valence-electron chi connectivity index (χ3n) is 3.45. The Labute approximate surface area is 150 Å². The zero-order valence-corrected chi connectivity index (χ0v) is 14.5. The van der Waals surface area contributed by atoms with Gasteiger partial charge >= 0.3 is 0 Å². The Bertz CT molecular complexity index is 858. The van der Waals surface area contributed by atoms with E-state index in [1.165, 1.54) is 17.4 Å². The highest BCUT2D eigenvalue weighted by molar-refractivity contribution is 7.13. The van der Waals surface area contributed by atoms with E-state index >= 15 is 0 Å². The van der Waals surface area contributed by atoms with E-state index in [9.17, 15) is 4.79 Å². The van der Waals surface area contributed by atoms with Crippen molar-refractivity contribution in [2.75, 3.05) is 7.11 Å². The predicted molar refractivity (Wildman–Crippen MR) is 99.2 cm³/mol. The van der Waals surface area contributed by atoms with Gasteiger partial charge in [-0.25, -0.2) is 4.98 Å². The molecule has 2 heterocycles. The summed E-state index contributed by atoms with van der Waals surface area (Å²) in [4.78, 5) is 20.5. The maximum absolute atomic E-state index is 11.9. The van der Waals surface area contributed by atoms with Crippen LogP contribution in [0.3, 0.4) is 0 Å². The molecule has 0 unspecified atom stereocenters. The minimum absolute atomic E-state index is 0.160. The van der Waals surface area contributed by atoms with Crippen LogP contribution in [-0.4, -0.2) is 23.0 Å². The van der Waals surface area contributed by atoms with Gasteiger partial charge in [-0.05, 0) is 35.9 Å². The zero-order chi connectivity index (χ0) is 17.5. The lowest BCUT2D eigenvalue weighted by Crippen LogP contribution is -2.20. The van der Waals surface area contributed by atoms with Crippen LogP contribution in [0.15, 0.2) is 60.2 Å². The number of carbonyl (C=O) groups excluding carboxylic acids is 1. The fourth-order valence-corrected chi connectivity index (χ4v) is 2.94. The van der Waals surface area contributed by atoms with Gasteiger partial charge in [-0.2, -0.15) is 0 Å². The highest BCUT2D eigenvalue weighted by atomic mass is 32.1. The van der Waals surface area contributed by atoms with Gasteiger partial charge < -0.3 is 10.1 Å². The van der Waals surface area contributed by atoms with Crippen molar-refractivity contribution in [3.8, 4) is 16.3 Å². The number of benzene rings is 1. The average molecular weight is 351 g/mol. The lowest BCUT2D eigenvalue weighted by Gasteiger charge is -2.00. The van der Waals surface area contributed by atoms with Gasteiger partial charge in [-0.3, -0.25) is 9.78 Å². The van der Waals surface area contributed by atoms with E-state index < -0.39 is 0 Å². The fraction of sp³-hybridized carbons (Fsp3) is 0.105. The number of nitrogens with one attached hydrogen (secondary N) is 1. The van der Waals surface area contributed by atoms with Crippen molar-refractivity contribution in [1.29, 1.82) is 0 Å². The number of aromatic nitrogens is 2. The van der Waals surface area contributed by atoms with Crippen molar-refractivity contribution in [2.24, 2.45) is 0 Å². The number of thiazole rings is 1. The first-order valence-electron chi connectivity index (χ1n) is 7.69. The Kier molecular flexibility index (Phi) is 5.53. The topological polar surface area (TPSA) is 64.1 Å². The zero-order valence-electron chi connectivity index (χ0n) is 13.7. The van der Waals surface area contributed by atoms with Crippen LogP contribution in [-0.2, 0) is 11.3 Å². The molecule has 0 bridgehead atoms. The van der Waals surface area contributed by atoms with Crippen molar-refractivity contribution < 1.29 is 9.53 Å². The lowest BCUT2D eigenvalue weighted by atomic mass is 10.2. The Morgan fingerprint density at radius 2 is 2.12 bits per heavy atom. The van der Waals surface area contributed by atoms with Crippen molar-refractivity contribution in [2.45, 2.75) is 6.54 Å². The molecule has 126 valence electrons. The number of hydrogen-bond donors (Lipinski definition) is 1. The standard InChI is InChI=1S/C19H17N3O2S/c1-24-17-7-4-14(5-8-17)6-9-18(23)21-12-16-13-25-19(22-16)15-3-2-10-20-11-15/h2-11,13H,12H2,1H3,(H,21,23)/b9-6+. The first-order valence-corrected chi connectivity index (χ1v) is 8.57. The molecule has 0 aliphatic rings. The number of nitrogens with zero attached hydrogens (tertiary/aromatic N) is 2. The van der Waals surface area contributed by atoms with Crippen molar-refractivity contribution >= 4 is 23.3 Å². The molecule has 0 atom stereocenters. The van der Waals surface area contributed by atoms with Crippen LogP contribution in [0, 0.1) is 0 Å². The lowest BCUT2D eigenvalue weighted by molar-refractivity contribution is -0.116. The second-order valence-electron chi connectivity index (χ2n) is 5.21. The number of hydrogen-bond acceptors (Lipinski definition) is 5. The van der Waals surface area contributed by atoms with Crippen molar-refractivity contribution in [1.82, 2.24) is 15.3 Å². The Balaban J connectivity index is 1.53. The van der Waals surface area contributed by atoms with Gasteiger partial charge in [0.15, 0.2) is 0 Å². The van der Waals surface area contributed by atoms with Crippen molar-refractivity contribution in [3.63, 3.8) is 0 Å². The number of carbonyl (C=O) groups is 1. The summed E-state index contributed by atoms with van der Waals surface area (Å²) in [6, 6.07) is 11.3. The molecule has 0 radical (unpaired) electrons. The normalized spacial score (nSPS) is 10.8. The molecule has 1 amide bonds. The van der Waals surface area contributed by atoms with E-state index in [2.05, 4.69) is 15.3 Å². The second-order valence-corrected chi connectivity index (χ2v) is 6.07. The molecule has 3 aromatic rings. The van der Waals surface area contributed by atoms with Crippen LogP contribution in [0.5, 0.6) is 5.75 Å². The number of amides is 1. The largest absolute Gasteiger partial charge is 0.497 e. The molecule has 0 aliphatic carbocycles. The highest BCUT2D eigenvalue weighted by Gasteiger charge is 2.05. The number of ether oxygens (including phenoxy) is 1.